The van der Waals surface area contributed by atoms with Crippen molar-refractivity contribution in [3.63, 3.8) is 0 Å². The van der Waals surface area contributed by atoms with Gasteiger partial charge in [0, 0.05) is 17.8 Å². The number of methoxy groups -OCH3 is 1. The zero-order valence-corrected chi connectivity index (χ0v) is 8.20. The summed E-state index contributed by atoms with van der Waals surface area (Å²) in [6.45, 7) is 0. The van der Waals surface area contributed by atoms with Crippen LogP contribution in [-0.2, 0) is 0 Å². The average Bonchev–Trinajstić information content (AvgIpc) is 2.30. The van der Waals surface area contributed by atoms with E-state index in [-0.39, 0.29) is 5.82 Å². The molecule has 76 valence electrons. The predicted molar refractivity (Wildman–Crippen MR) is 56.2 cm³/mol. The summed E-state index contributed by atoms with van der Waals surface area (Å²) in [5, 5.41) is 0. The minimum absolute atomic E-state index is 0.338. The quantitative estimate of drug-likeness (QED) is 0.750. The fourth-order valence-corrected chi connectivity index (χ4v) is 1.36. The normalized spacial score (nSPS) is 10.9. The third kappa shape index (κ3) is 1.96. The standard InChI is InChI=1S/C12H10FNO/c1-15-12-8-9(13)5-6-10(12)11-4-2-3-7-14-11/h2-8H,1H3/i3D. The predicted octanol–water partition coefficient (Wildman–Crippen LogP) is 2.90. The van der Waals surface area contributed by atoms with Crippen molar-refractivity contribution in [2.45, 2.75) is 0 Å². The van der Waals surface area contributed by atoms with Crippen LogP contribution in [0.25, 0.3) is 11.3 Å². The van der Waals surface area contributed by atoms with Gasteiger partial charge in [0.2, 0.25) is 0 Å². The fourth-order valence-electron chi connectivity index (χ4n) is 1.36. The highest BCUT2D eigenvalue weighted by molar-refractivity contribution is 5.66. The first-order valence-corrected chi connectivity index (χ1v) is 4.47. The van der Waals surface area contributed by atoms with Crippen LogP contribution in [0.4, 0.5) is 4.39 Å². The zero-order chi connectivity index (χ0) is 11.5. The van der Waals surface area contributed by atoms with Crippen molar-refractivity contribution in [3.8, 4) is 17.0 Å². The van der Waals surface area contributed by atoms with Gasteiger partial charge in [-0.15, -0.1) is 0 Å². The first-order chi connectivity index (χ1) is 7.70. The first kappa shape index (κ1) is 8.41. The Kier molecular flexibility index (Phi) is 2.29. The molecule has 0 saturated carbocycles. The molecule has 2 nitrogen and oxygen atoms in total. The fraction of sp³-hybridized carbons (Fsp3) is 0.0833. The molecular weight excluding hydrogens is 193 g/mol. The lowest BCUT2D eigenvalue weighted by Gasteiger charge is -2.07. The summed E-state index contributed by atoms with van der Waals surface area (Å²) in [4.78, 5) is 4.10. The SMILES string of the molecule is [2H]c1ccc(-c2ccc(F)cc2OC)nc1. The Bertz CT molecular complexity index is 499. The Hall–Kier alpha value is -1.90. The minimum Gasteiger partial charge on any atom is -0.496 e. The van der Waals surface area contributed by atoms with Crippen LogP contribution in [0.3, 0.4) is 0 Å². The van der Waals surface area contributed by atoms with Gasteiger partial charge in [-0.2, -0.15) is 0 Å². The Morgan fingerprint density at radius 3 is 2.93 bits per heavy atom. The van der Waals surface area contributed by atoms with Crippen molar-refractivity contribution < 1.29 is 10.5 Å². The number of halogens is 1. The van der Waals surface area contributed by atoms with Crippen molar-refractivity contribution >= 4 is 0 Å². The highest BCUT2D eigenvalue weighted by atomic mass is 19.1. The molecule has 0 amide bonds. The molecule has 0 aliphatic heterocycles. The molecule has 0 radical (unpaired) electrons. The second-order valence-electron chi connectivity index (χ2n) is 2.99. The molecule has 0 aliphatic carbocycles. The van der Waals surface area contributed by atoms with Crippen molar-refractivity contribution in [2.24, 2.45) is 0 Å². The number of benzene rings is 1. The number of hydrogen-bond donors (Lipinski definition) is 0. The second kappa shape index (κ2) is 4.09. The van der Waals surface area contributed by atoms with E-state index in [0.29, 0.717) is 23.0 Å². The van der Waals surface area contributed by atoms with Gasteiger partial charge in [0.25, 0.3) is 0 Å². The Morgan fingerprint density at radius 1 is 1.40 bits per heavy atom. The first-order valence-electron chi connectivity index (χ1n) is 4.97. The van der Waals surface area contributed by atoms with E-state index in [1.54, 1.807) is 18.2 Å². The average molecular weight is 204 g/mol. The molecule has 0 fully saturated rings. The maximum atomic E-state index is 13.0. The largest absolute Gasteiger partial charge is 0.496 e. The lowest BCUT2D eigenvalue weighted by molar-refractivity contribution is 0.413. The smallest absolute Gasteiger partial charge is 0.131 e. The number of rotatable bonds is 2. The molecule has 0 saturated heterocycles. The monoisotopic (exact) mass is 204 g/mol. The summed E-state index contributed by atoms with van der Waals surface area (Å²) in [6.07, 6.45) is 1.44. The number of hydrogen-bond acceptors (Lipinski definition) is 2. The van der Waals surface area contributed by atoms with E-state index in [2.05, 4.69) is 4.98 Å². The lowest BCUT2D eigenvalue weighted by Crippen LogP contribution is -1.90. The summed E-state index contributed by atoms with van der Waals surface area (Å²) in [6, 6.07) is 7.95. The molecule has 3 heteroatoms. The molecule has 1 aromatic carbocycles. The molecule has 15 heavy (non-hydrogen) atoms. The van der Waals surface area contributed by atoms with E-state index in [0.717, 1.165) is 0 Å². The Labute approximate surface area is 88.8 Å². The van der Waals surface area contributed by atoms with E-state index in [4.69, 9.17) is 6.11 Å². The molecule has 2 rings (SSSR count). The van der Waals surface area contributed by atoms with Crippen molar-refractivity contribution in [3.05, 3.63) is 48.4 Å². The molecule has 0 bridgehead atoms. The number of aromatic nitrogens is 1. The van der Waals surface area contributed by atoms with Gasteiger partial charge in [0.15, 0.2) is 0 Å². The van der Waals surface area contributed by atoms with Crippen LogP contribution in [0.5, 0.6) is 5.75 Å². The highest BCUT2D eigenvalue weighted by Crippen LogP contribution is 2.28. The number of pyridine rings is 1. The van der Waals surface area contributed by atoms with E-state index in [1.807, 2.05) is 0 Å². The van der Waals surface area contributed by atoms with Crippen LogP contribution in [0.15, 0.2) is 42.6 Å². The summed E-state index contributed by atoms with van der Waals surface area (Å²) in [5.41, 5.74) is 1.37. The number of ether oxygens (including phenoxy) is 1. The third-order valence-corrected chi connectivity index (χ3v) is 2.06. The maximum absolute atomic E-state index is 13.0. The molecule has 0 spiro atoms. The van der Waals surface area contributed by atoms with Gasteiger partial charge in [-0.1, -0.05) is 6.07 Å². The van der Waals surface area contributed by atoms with Gasteiger partial charge in [0.05, 0.1) is 14.2 Å². The summed E-state index contributed by atoms with van der Waals surface area (Å²) in [5.74, 6) is 0.0861. The van der Waals surface area contributed by atoms with Crippen molar-refractivity contribution in [2.75, 3.05) is 7.11 Å². The highest BCUT2D eigenvalue weighted by Gasteiger charge is 2.07. The summed E-state index contributed by atoms with van der Waals surface area (Å²) < 4.78 is 25.4. The van der Waals surface area contributed by atoms with E-state index >= 15 is 0 Å². The number of nitrogens with zero attached hydrogens (tertiary/aromatic N) is 1. The van der Waals surface area contributed by atoms with Crippen LogP contribution in [0, 0.1) is 5.82 Å². The van der Waals surface area contributed by atoms with Gasteiger partial charge in [-0.3, -0.25) is 4.98 Å². The molecule has 1 heterocycles. The van der Waals surface area contributed by atoms with Gasteiger partial charge < -0.3 is 4.74 Å². The van der Waals surface area contributed by atoms with Gasteiger partial charge >= 0.3 is 0 Å². The Morgan fingerprint density at radius 2 is 2.27 bits per heavy atom. The molecule has 1 aromatic heterocycles. The van der Waals surface area contributed by atoms with Crippen LogP contribution in [0.2, 0.25) is 0 Å². The van der Waals surface area contributed by atoms with Crippen LogP contribution < -0.4 is 4.74 Å². The maximum Gasteiger partial charge on any atom is 0.131 e. The molecule has 0 unspecified atom stereocenters. The zero-order valence-electron chi connectivity index (χ0n) is 9.20. The van der Waals surface area contributed by atoms with E-state index in [9.17, 15) is 4.39 Å². The molecule has 0 N–H and O–H groups in total. The van der Waals surface area contributed by atoms with Gasteiger partial charge in [-0.05, 0) is 24.2 Å². The lowest BCUT2D eigenvalue weighted by atomic mass is 10.1. The van der Waals surface area contributed by atoms with Crippen LogP contribution in [0.1, 0.15) is 1.37 Å². The van der Waals surface area contributed by atoms with E-state index in [1.165, 1.54) is 25.4 Å². The molecular formula is C12H10FNO. The minimum atomic E-state index is -0.349. The second-order valence-corrected chi connectivity index (χ2v) is 2.99. The summed E-state index contributed by atoms with van der Waals surface area (Å²) >= 11 is 0. The molecule has 0 atom stereocenters. The Balaban J connectivity index is 2.51. The summed E-state index contributed by atoms with van der Waals surface area (Å²) in [7, 11) is 1.48. The van der Waals surface area contributed by atoms with Crippen LogP contribution >= 0.6 is 0 Å². The van der Waals surface area contributed by atoms with E-state index < -0.39 is 0 Å². The molecule has 2 aromatic rings. The topological polar surface area (TPSA) is 22.1 Å². The van der Waals surface area contributed by atoms with Crippen LogP contribution in [-0.4, -0.2) is 12.1 Å². The van der Waals surface area contributed by atoms with Crippen molar-refractivity contribution in [1.82, 2.24) is 4.98 Å². The third-order valence-electron chi connectivity index (χ3n) is 2.06. The molecule has 0 aliphatic rings. The van der Waals surface area contributed by atoms with Crippen molar-refractivity contribution in [1.29, 1.82) is 0 Å². The van der Waals surface area contributed by atoms with Gasteiger partial charge in [-0.25, -0.2) is 4.39 Å². The van der Waals surface area contributed by atoms with Gasteiger partial charge in [0.1, 0.15) is 11.6 Å².